The van der Waals surface area contributed by atoms with Crippen LogP contribution in [0.15, 0.2) is 24.3 Å². The standard InChI is InChI=1S/C17H26N2O3/c1-13(2)8-10-18-17(21)9-11-19(14(3)20)15-6-5-7-16(12-15)22-4/h5-7,12-13H,8-11H2,1-4H3,(H,18,21). The van der Waals surface area contributed by atoms with Crippen molar-refractivity contribution < 1.29 is 14.3 Å². The number of amides is 2. The predicted octanol–water partition coefficient (Wildman–Crippen LogP) is 2.60. The summed E-state index contributed by atoms with van der Waals surface area (Å²) in [6, 6.07) is 7.27. The maximum Gasteiger partial charge on any atom is 0.223 e. The van der Waals surface area contributed by atoms with E-state index in [0.717, 1.165) is 12.1 Å². The molecule has 0 aliphatic heterocycles. The molecule has 1 N–H and O–H groups in total. The minimum Gasteiger partial charge on any atom is -0.497 e. The summed E-state index contributed by atoms with van der Waals surface area (Å²) >= 11 is 0. The molecule has 0 aliphatic carbocycles. The maximum absolute atomic E-state index is 11.8. The Morgan fingerprint density at radius 3 is 2.64 bits per heavy atom. The van der Waals surface area contributed by atoms with Gasteiger partial charge >= 0.3 is 0 Å². The van der Waals surface area contributed by atoms with Crippen LogP contribution < -0.4 is 15.0 Å². The molecule has 2 amide bonds. The van der Waals surface area contributed by atoms with Gasteiger partial charge in [-0.15, -0.1) is 0 Å². The van der Waals surface area contributed by atoms with Crippen LogP contribution in [0.3, 0.4) is 0 Å². The molecule has 0 atom stereocenters. The molecule has 1 aromatic rings. The fourth-order valence-corrected chi connectivity index (χ4v) is 2.05. The summed E-state index contributed by atoms with van der Waals surface area (Å²) in [5.74, 6) is 1.12. The molecule has 1 aromatic carbocycles. The Labute approximate surface area is 132 Å². The van der Waals surface area contributed by atoms with Gasteiger partial charge in [0, 0.05) is 38.2 Å². The van der Waals surface area contributed by atoms with Gasteiger partial charge in [-0.05, 0) is 24.5 Å². The minimum atomic E-state index is -0.0942. The van der Waals surface area contributed by atoms with Crippen LogP contribution in [0.4, 0.5) is 5.69 Å². The summed E-state index contributed by atoms with van der Waals surface area (Å²) in [5.41, 5.74) is 0.738. The van der Waals surface area contributed by atoms with Crippen molar-refractivity contribution in [2.24, 2.45) is 5.92 Å². The van der Waals surface area contributed by atoms with Crippen LogP contribution in [-0.2, 0) is 9.59 Å². The van der Waals surface area contributed by atoms with Gasteiger partial charge in [-0.1, -0.05) is 19.9 Å². The van der Waals surface area contributed by atoms with Crippen LogP contribution in [-0.4, -0.2) is 32.0 Å². The maximum atomic E-state index is 11.8. The van der Waals surface area contributed by atoms with E-state index < -0.39 is 0 Å². The Balaban J connectivity index is 2.58. The third kappa shape index (κ3) is 6.16. The highest BCUT2D eigenvalue weighted by molar-refractivity contribution is 5.92. The minimum absolute atomic E-state index is 0.0326. The Morgan fingerprint density at radius 1 is 1.32 bits per heavy atom. The second-order valence-corrected chi connectivity index (χ2v) is 5.65. The van der Waals surface area contributed by atoms with Crippen LogP contribution in [0.2, 0.25) is 0 Å². The van der Waals surface area contributed by atoms with Gasteiger partial charge in [0.05, 0.1) is 7.11 Å². The largest absolute Gasteiger partial charge is 0.497 e. The molecular formula is C17H26N2O3. The molecule has 0 aliphatic rings. The first-order valence-corrected chi connectivity index (χ1v) is 7.63. The molecule has 0 unspecified atom stereocenters. The summed E-state index contributed by atoms with van der Waals surface area (Å²) < 4.78 is 5.17. The summed E-state index contributed by atoms with van der Waals surface area (Å²) in [7, 11) is 1.58. The van der Waals surface area contributed by atoms with Crippen molar-refractivity contribution in [3.63, 3.8) is 0 Å². The molecule has 22 heavy (non-hydrogen) atoms. The first-order valence-electron chi connectivity index (χ1n) is 7.63. The summed E-state index contributed by atoms with van der Waals surface area (Å²) in [6.07, 6.45) is 1.24. The van der Waals surface area contributed by atoms with Crippen molar-refractivity contribution in [1.82, 2.24) is 5.32 Å². The van der Waals surface area contributed by atoms with Gasteiger partial charge in [0.25, 0.3) is 0 Å². The number of carbonyl (C=O) groups is 2. The third-order valence-corrected chi connectivity index (χ3v) is 3.35. The molecule has 0 aromatic heterocycles. The molecular weight excluding hydrogens is 280 g/mol. The van der Waals surface area contributed by atoms with Crippen LogP contribution in [0.25, 0.3) is 0 Å². The lowest BCUT2D eigenvalue weighted by molar-refractivity contribution is -0.121. The smallest absolute Gasteiger partial charge is 0.223 e. The molecule has 0 heterocycles. The fourth-order valence-electron chi connectivity index (χ4n) is 2.05. The van der Waals surface area contributed by atoms with E-state index >= 15 is 0 Å². The van der Waals surface area contributed by atoms with Crippen molar-refractivity contribution in [2.75, 3.05) is 25.1 Å². The Kier molecular flexibility index (Phi) is 7.43. The molecule has 0 radical (unpaired) electrons. The van der Waals surface area contributed by atoms with Crippen molar-refractivity contribution in [3.05, 3.63) is 24.3 Å². The summed E-state index contributed by atoms with van der Waals surface area (Å²) in [4.78, 5) is 25.2. The number of hydrogen-bond donors (Lipinski definition) is 1. The van der Waals surface area contributed by atoms with E-state index in [1.54, 1.807) is 18.1 Å². The van der Waals surface area contributed by atoms with E-state index in [1.165, 1.54) is 6.92 Å². The molecule has 5 heteroatoms. The zero-order valence-electron chi connectivity index (χ0n) is 13.9. The van der Waals surface area contributed by atoms with Crippen molar-refractivity contribution in [3.8, 4) is 5.75 Å². The van der Waals surface area contributed by atoms with E-state index in [9.17, 15) is 9.59 Å². The van der Waals surface area contributed by atoms with Crippen molar-refractivity contribution in [1.29, 1.82) is 0 Å². The zero-order valence-corrected chi connectivity index (χ0v) is 13.9. The quantitative estimate of drug-likeness (QED) is 0.803. The highest BCUT2D eigenvalue weighted by Crippen LogP contribution is 2.21. The zero-order chi connectivity index (χ0) is 16.5. The van der Waals surface area contributed by atoms with E-state index in [4.69, 9.17) is 4.74 Å². The SMILES string of the molecule is COc1cccc(N(CCC(=O)NCCC(C)C)C(C)=O)c1. The number of nitrogens with one attached hydrogen (secondary N) is 1. The van der Waals surface area contributed by atoms with Gasteiger partial charge in [-0.2, -0.15) is 0 Å². The molecule has 122 valence electrons. The number of anilines is 1. The molecule has 5 nitrogen and oxygen atoms in total. The Bertz CT molecular complexity index is 500. The van der Waals surface area contributed by atoms with Crippen LogP contribution >= 0.6 is 0 Å². The van der Waals surface area contributed by atoms with Crippen LogP contribution in [0.1, 0.15) is 33.6 Å². The van der Waals surface area contributed by atoms with E-state index in [2.05, 4.69) is 19.2 Å². The number of methoxy groups -OCH3 is 1. The lowest BCUT2D eigenvalue weighted by Gasteiger charge is -2.21. The normalized spacial score (nSPS) is 10.4. The molecule has 0 spiro atoms. The second kappa shape index (κ2) is 9.07. The summed E-state index contributed by atoms with van der Waals surface area (Å²) in [6.45, 7) is 6.76. The fraction of sp³-hybridized carbons (Fsp3) is 0.529. The number of hydrogen-bond acceptors (Lipinski definition) is 3. The second-order valence-electron chi connectivity index (χ2n) is 5.65. The first kappa shape index (κ1) is 18.0. The van der Waals surface area contributed by atoms with E-state index in [-0.39, 0.29) is 18.2 Å². The highest BCUT2D eigenvalue weighted by Gasteiger charge is 2.14. The van der Waals surface area contributed by atoms with Gasteiger partial charge in [0.1, 0.15) is 5.75 Å². The first-order chi connectivity index (χ1) is 10.4. The molecule has 0 bridgehead atoms. The molecule has 0 fully saturated rings. The molecule has 1 rings (SSSR count). The highest BCUT2D eigenvalue weighted by atomic mass is 16.5. The number of ether oxygens (including phenoxy) is 1. The lowest BCUT2D eigenvalue weighted by Crippen LogP contribution is -2.34. The summed E-state index contributed by atoms with van der Waals surface area (Å²) in [5, 5.41) is 2.88. The van der Waals surface area contributed by atoms with Crippen molar-refractivity contribution in [2.45, 2.75) is 33.6 Å². The van der Waals surface area contributed by atoms with Crippen LogP contribution in [0.5, 0.6) is 5.75 Å². The number of nitrogens with zero attached hydrogens (tertiary/aromatic N) is 1. The average Bonchev–Trinajstić information content (AvgIpc) is 2.47. The van der Waals surface area contributed by atoms with Gasteiger partial charge in [0.2, 0.25) is 11.8 Å². The molecule has 0 saturated carbocycles. The lowest BCUT2D eigenvalue weighted by atomic mass is 10.1. The van der Waals surface area contributed by atoms with Gasteiger partial charge in [-0.25, -0.2) is 0 Å². The monoisotopic (exact) mass is 306 g/mol. The third-order valence-electron chi connectivity index (χ3n) is 3.35. The average molecular weight is 306 g/mol. The predicted molar refractivity (Wildman–Crippen MR) is 88.1 cm³/mol. The topological polar surface area (TPSA) is 58.6 Å². The Hall–Kier alpha value is -2.04. The number of carbonyl (C=O) groups excluding carboxylic acids is 2. The van der Waals surface area contributed by atoms with E-state index in [1.807, 2.05) is 18.2 Å². The Morgan fingerprint density at radius 2 is 2.05 bits per heavy atom. The van der Waals surface area contributed by atoms with Gasteiger partial charge < -0.3 is 15.0 Å². The van der Waals surface area contributed by atoms with E-state index in [0.29, 0.717) is 24.8 Å². The van der Waals surface area contributed by atoms with Crippen LogP contribution in [0, 0.1) is 5.92 Å². The molecule has 0 saturated heterocycles. The van der Waals surface area contributed by atoms with Gasteiger partial charge in [0.15, 0.2) is 0 Å². The number of benzene rings is 1. The number of rotatable bonds is 8. The van der Waals surface area contributed by atoms with Gasteiger partial charge in [-0.3, -0.25) is 9.59 Å². The van der Waals surface area contributed by atoms with Crippen molar-refractivity contribution >= 4 is 17.5 Å².